The van der Waals surface area contributed by atoms with Crippen LogP contribution in [0.25, 0.3) is 11.3 Å². The van der Waals surface area contributed by atoms with E-state index < -0.39 is 64.7 Å². The SMILES string of the molecule is N#Cc1ccc(S[C@H]2O[C@H](CO)[C@H](O)[C@H](n3cc(-c4cc(F)c(F)c(F)c4)nn3)[C@H]2O)c(F)c1Cl. The van der Waals surface area contributed by atoms with Crippen molar-refractivity contribution in [1.82, 2.24) is 15.0 Å². The van der Waals surface area contributed by atoms with Gasteiger partial charge in [0.25, 0.3) is 0 Å². The van der Waals surface area contributed by atoms with E-state index in [0.29, 0.717) is 23.9 Å². The predicted molar refractivity (Wildman–Crippen MR) is 114 cm³/mol. The van der Waals surface area contributed by atoms with Crippen molar-refractivity contribution < 1.29 is 37.6 Å². The van der Waals surface area contributed by atoms with Gasteiger partial charge in [-0.15, -0.1) is 5.10 Å². The van der Waals surface area contributed by atoms with Crippen molar-refractivity contribution >= 4 is 23.4 Å². The molecule has 2 heterocycles. The lowest BCUT2D eigenvalue weighted by atomic mass is 9.97. The summed E-state index contributed by atoms with van der Waals surface area (Å²) in [6.07, 6.45) is -3.14. The number of benzene rings is 2. The average Bonchev–Trinajstić information content (AvgIpc) is 3.31. The molecule has 5 atom stereocenters. The van der Waals surface area contributed by atoms with E-state index in [4.69, 9.17) is 21.6 Å². The van der Waals surface area contributed by atoms with E-state index in [1.54, 1.807) is 6.07 Å². The van der Waals surface area contributed by atoms with Gasteiger partial charge in [0, 0.05) is 10.5 Å². The van der Waals surface area contributed by atoms with E-state index in [-0.39, 0.29) is 21.7 Å². The molecule has 4 rings (SSSR count). The molecule has 0 radical (unpaired) electrons. The van der Waals surface area contributed by atoms with Crippen molar-refractivity contribution in [2.24, 2.45) is 0 Å². The van der Waals surface area contributed by atoms with Crippen molar-refractivity contribution in [2.45, 2.75) is 34.7 Å². The van der Waals surface area contributed by atoms with Crippen LogP contribution in [0, 0.1) is 34.6 Å². The zero-order valence-corrected chi connectivity index (χ0v) is 18.9. The van der Waals surface area contributed by atoms with Gasteiger partial charge in [-0.05, 0) is 24.3 Å². The molecule has 0 amide bonds. The van der Waals surface area contributed by atoms with Crippen LogP contribution in [0.1, 0.15) is 11.6 Å². The highest BCUT2D eigenvalue weighted by Crippen LogP contribution is 2.40. The monoisotopic (exact) mass is 530 g/mol. The smallest absolute Gasteiger partial charge is 0.194 e. The summed E-state index contributed by atoms with van der Waals surface area (Å²) in [5.74, 6) is -5.46. The summed E-state index contributed by atoms with van der Waals surface area (Å²) >= 11 is 6.55. The van der Waals surface area contributed by atoms with Gasteiger partial charge in [0.1, 0.15) is 41.6 Å². The molecule has 1 saturated heterocycles. The first-order valence-corrected chi connectivity index (χ1v) is 11.2. The maximum absolute atomic E-state index is 14.6. The van der Waals surface area contributed by atoms with Crippen molar-refractivity contribution in [2.75, 3.05) is 6.61 Å². The Morgan fingerprint density at radius 3 is 2.43 bits per heavy atom. The standard InChI is InChI=1S/C21H15ClF4N4O4S/c22-15-8(5-27)1-2-14(17(15)26)35-21-20(33)18(19(32)13(7-31)34-21)30-6-12(28-29-30)9-3-10(23)16(25)11(24)4-9/h1-4,6,13,18-21,31-33H,7H2/t13-,18+,19+,20-,21-/m1/s1. The number of nitrogens with zero attached hydrogens (tertiary/aromatic N) is 4. The fourth-order valence-electron chi connectivity index (χ4n) is 3.57. The number of aromatic nitrogens is 3. The van der Waals surface area contributed by atoms with Gasteiger partial charge in [-0.3, -0.25) is 0 Å². The summed E-state index contributed by atoms with van der Waals surface area (Å²) in [6, 6.07) is 4.41. The minimum atomic E-state index is -1.66. The zero-order chi connectivity index (χ0) is 25.4. The van der Waals surface area contributed by atoms with Crippen molar-refractivity contribution in [3.8, 4) is 17.3 Å². The Labute approximate surface area is 204 Å². The number of aliphatic hydroxyl groups excluding tert-OH is 3. The number of thioether (sulfide) groups is 1. The predicted octanol–water partition coefficient (Wildman–Crippen LogP) is 2.80. The van der Waals surface area contributed by atoms with E-state index in [9.17, 15) is 32.9 Å². The van der Waals surface area contributed by atoms with Crippen LogP contribution in [0.3, 0.4) is 0 Å². The van der Waals surface area contributed by atoms with E-state index in [2.05, 4.69) is 10.3 Å². The van der Waals surface area contributed by atoms with Gasteiger partial charge in [-0.2, -0.15) is 5.26 Å². The third kappa shape index (κ3) is 4.73. The van der Waals surface area contributed by atoms with Gasteiger partial charge >= 0.3 is 0 Å². The molecular formula is C21H15ClF4N4O4S. The van der Waals surface area contributed by atoms with Crippen LogP contribution in [0.15, 0.2) is 35.4 Å². The largest absolute Gasteiger partial charge is 0.394 e. The van der Waals surface area contributed by atoms with E-state index >= 15 is 0 Å². The van der Waals surface area contributed by atoms with Gasteiger partial charge in [-0.25, -0.2) is 22.2 Å². The van der Waals surface area contributed by atoms with Crippen LogP contribution in [-0.2, 0) is 4.74 Å². The van der Waals surface area contributed by atoms with Crippen molar-refractivity contribution in [3.05, 3.63) is 64.3 Å². The molecule has 0 unspecified atom stereocenters. The van der Waals surface area contributed by atoms with Crippen molar-refractivity contribution in [1.29, 1.82) is 5.26 Å². The number of hydrogen-bond acceptors (Lipinski definition) is 8. The Hall–Kier alpha value is -2.73. The molecule has 1 aliphatic rings. The summed E-state index contributed by atoms with van der Waals surface area (Å²) in [4.78, 5) is -0.0681. The first-order valence-electron chi connectivity index (χ1n) is 9.90. The zero-order valence-electron chi connectivity index (χ0n) is 17.3. The first-order chi connectivity index (χ1) is 16.7. The Kier molecular flexibility index (Phi) is 7.32. The number of rotatable bonds is 5. The molecule has 0 aliphatic carbocycles. The van der Waals surface area contributed by atoms with Crippen LogP contribution in [0.4, 0.5) is 17.6 Å². The summed E-state index contributed by atoms with van der Waals surface area (Å²) in [5.41, 5.74) is -1.58. The second-order valence-electron chi connectivity index (χ2n) is 7.50. The van der Waals surface area contributed by atoms with E-state index in [1.807, 2.05) is 0 Å². The molecule has 2 aromatic carbocycles. The van der Waals surface area contributed by atoms with Gasteiger partial charge in [0.2, 0.25) is 0 Å². The third-order valence-electron chi connectivity index (χ3n) is 5.35. The molecule has 14 heteroatoms. The summed E-state index contributed by atoms with van der Waals surface area (Å²) < 4.78 is 61.7. The molecule has 0 spiro atoms. The van der Waals surface area contributed by atoms with Crippen LogP contribution in [0.5, 0.6) is 0 Å². The van der Waals surface area contributed by atoms with Gasteiger partial charge in [-0.1, -0.05) is 28.6 Å². The highest BCUT2D eigenvalue weighted by molar-refractivity contribution is 7.99. The Morgan fingerprint density at radius 1 is 1.11 bits per heavy atom. The minimum Gasteiger partial charge on any atom is -0.394 e. The highest BCUT2D eigenvalue weighted by atomic mass is 35.5. The van der Waals surface area contributed by atoms with Gasteiger partial charge in [0.05, 0.1) is 23.4 Å². The Bertz CT molecular complexity index is 1280. The lowest BCUT2D eigenvalue weighted by Gasteiger charge is -2.41. The van der Waals surface area contributed by atoms with E-state index in [1.165, 1.54) is 12.1 Å². The van der Waals surface area contributed by atoms with Crippen LogP contribution in [0.2, 0.25) is 5.02 Å². The number of ether oxygens (including phenoxy) is 1. The molecule has 8 nitrogen and oxygen atoms in total. The number of halogens is 5. The Balaban J connectivity index is 1.65. The molecule has 1 aromatic heterocycles. The Morgan fingerprint density at radius 2 is 1.80 bits per heavy atom. The molecule has 3 N–H and O–H groups in total. The molecule has 1 aliphatic heterocycles. The summed E-state index contributed by atoms with van der Waals surface area (Å²) in [6.45, 7) is -0.673. The maximum atomic E-state index is 14.6. The summed E-state index contributed by atoms with van der Waals surface area (Å²) in [5, 5.41) is 47.4. The quantitative estimate of drug-likeness (QED) is 0.340. The normalized spacial score (nSPS) is 24.4. The van der Waals surface area contributed by atoms with Crippen LogP contribution >= 0.6 is 23.4 Å². The van der Waals surface area contributed by atoms with Crippen LogP contribution in [-0.4, -0.2) is 60.7 Å². The van der Waals surface area contributed by atoms with Crippen LogP contribution < -0.4 is 0 Å². The highest BCUT2D eigenvalue weighted by Gasteiger charge is 2.46. The number of aliphatic hydroxyl groups is 3. The number of hydrogen-bond donors (Lipinski definition) is 3. The lowest BCUT2D eigenvalue weighted by molar-refractivity contribution is -0.178. The molecule has 0 bridgehead atoms. The van der Waals surface area contributed by atoms with Gasteiger partial charge in [0.15, 0.2) is 23.3 Å². The average molecular weight is 531 g/mol. The minimum absolute atomic E-state index is 0.0681. The molecule has 184 valence electrons. The first kappa shape index (κ1) is 25.4. The summed E-state index contributed by atoms with van der Waals surface area (Å²) in [7, 11) is 0. The second-order valence-corrected chi connectivity index (χ2v) is 9.02. The molecule has 3 aromatic rings. The lowest BCUT2D eigenvalue weighted by Crippen LogP contribution is -2.55. The van der Waals surface area contributed by atoms with Crippen molar-refractivity contribution in [3.63, 3.8) is 0 Å². The molecule has 35 heavy (non-hydrogen) atoms. The fourth-order valence-corrected chi connectivity index (χ4v) is 4.93. The van der Waals surface area contributed by atoms with Gasteiger partial charge < -0.3 is 20.1 Å². The topological polar surface area (TPSA) is 124 Å². The molecule has 1 fully saturated rings. The second kappa shape index (κ2) is 10.1. The van der Waals surface area contributed by atoms with E-state index in [0.717, 1.165) is 10.9 Å². The third-order valence-corrected chi connectivity index (χ3v) is 6.92. The fraction of sp³-hybridized carbons (Fsp3) is 0.286. The molecular weight excluding hydrogens is 516 g/mol. The maximum Gasteiger partial charge on any atom is 0.194 e. The number of nitriles is 1. The molecule has 0 saturated carbocycles.